The van der Waals surface area contributed by atoms with Crippen LogP contribution in [0.5, 0.6) is 0 Å². The topological polar surface area (TPSA) is 58.6 Å². The summed E-state index contributed by atoms with van der Waals surface area (Å²) in [6.07, 6.45) is 2.54. The molecule has 0 saturated carbocycles. The number of aldehydes is 1. The third-order valence-electron chi connectivity index (χ3n) is 2.46. The van der Waals surface area contributed by atoms with E-state index in [0.29, 0.717) is 16.4 Å². The van der Waals surface area contributed by atoms with E-state index in [1.165, 1.54) is 0 Å². The number of hydrogen-bond acceptors (Lipinski definition) is 3. The normalized spacial score (nSPS) is 10.9. The molecule has 84 valence electrons. The SMILES string of the molecule is CCCc1nc(C)c2c(C=O)c(Cl)[nH]c2n1. The third-order valence-corrected chi connectivity index (χ3v) is 2.76. The Morgan fingerprint density at radius 1 is 1.44 bits per heavy atom. The number of aryl methyl sites for hydroxylation is 2. The standard InChI is InChI=1S/C11H12ClN3O/c1-3-4-8-13-6(2)9-7(5-16)10(12)15-11(9)14-8/h5H,3-4H2,1-2H3,(H,13,14,15). The molecule has 0 aliphatic carbocycles. The maximum atomic E-state index is 10.9. The molecular weight excluding hydrogens is 226 g/mol. The van der Waals surface area contributed by atoms with Gasteiger partial charge in [-0.3, -0.25) is 4.79 Å². The maximum Gasteiger partial charge on any atom is 0.153 e. The summed E-state index contributed by atoms with van der Waals surface area (Å²) in [4.78, 5) is 22.5. The van der Waals surface area contributed by atoms with Crippen LogP contribution >= 0.6 is 11.6 Å². The molecule has 0 atom stereocenters. The Hall–Kier alpha value is -1.42. The van der Waals surface area contributed by atoms with Gasteiger partial charge in [0.2, 0.25) is 0 Å². The monoisotopic (exact) mass is 237 g/mol. The van der Waals surface area contributed by atoms with Gasteiger partial charge in [-0.15, -0.1) is 0 Å². The Bertz CT molecular complexity index is 548. The van der Waals surface area contributed by atoms with Gasteiger partial charge in [0.25, 0.3) is 0 Å². The quantitative estimate of drug-likeness (QED) is 0.835. The van der Waals surface area contributed by atoms with Crippen molar-refractivity contribution in [2.45, 2.75) is 26.7 Å². The fourth-order valence-electron chi connectivity index (χ4n) is 1.77. The smallest absolute Gasteiger partial charge is 0.153 e. The van der Waals surface area contributed by atoms with Crippen LogP contribution in [0.3, 0.4) is 0 Å². The molecule has 2 heterocycles. The van der Waals surface area contributed by atoms with E-state index >= 15 is 0 Å². The first-order valence-corrected chi connectivity index (χ1v) is 5.55. The van der Waals surface area contributed by atoms with Crippen molar-refractivity contribution >= 4 is 28.9 Å². The van der Waals surface area contributed by atoms with E-state index in [1.54, 1.807) is 0 Å². The van der Waals surface area contributed by atoms with Crippen molar-refractivity contribution in [1.29, 1.82) is 0 Å². The number of nitrogens with zero attached hydrogens (tertiary/aromatic N) is 2. The van der Waals surface area contributed by atoms with Crippen molar-refractivity contribution in [3.05, 3.63) is 22.2 Å². The molecule has 2 aromatic heterocycles. The van der Waals surface area contributed by atoms with Crippen LogP contribution in [0.25, 0.3) is 11.0 Å². The van der Waals surface area contributed by atoms with Crippen LogP contribution in [0.4, 0.5) is 0 Å². The van der Waals surface area contributed by atoms with Gasteiger partial charge in [0.15, 0.2) is 6.29 Å². The molecule has 0 radical (unpaired) electrons. The highest BCUT2D eigenvalue weighted by atomic mass is 35.5. The first-order chi connectivity index (χ1) is 7.67. The Kier molecular flexibility index (Phi) is 2.92. The molecule has 0 saturated heterocycles. The molecule has 4 nitrogen and oxygen atoms in total. The Morgan fingerprint density at radius 2 is 2.19 bits per heavy atom. The summed E-state index contributed by atoms with van der Waals surface area (Å²) < 4.78 is 0. The summed E-state index contributed by atoms with van der Waals surface area (Å²) >= 11 is 5.91. The number of nitrogens with one attached hydrogen (secondary N) is 1. The summed E-state index contributed by atoms with van der Waals surface area (Å²) in [6, 6.07) is 0. The summed E-state index contributed by atoms with van der Waals surface area (Å²) in [5.74, 6) is 0.780. The van der Waals surface area contributed by atoms with Gasteiger partial charge in [0.05, 0.1) is 16.6 Å². The Balaban J connectivity index is 2.71. The van der Waals surface area contributed by atoms with Crippen molar-refractivity contribution < 1.29 is 4.79 Å². The van der Waals surface area contributed by atoms with Gasteiger partial charge in [-0.25, -0.2) is 9.97 Å². The fourth-order valence-corrected chi connectivity index (χ4v) is 2.00. The minimum absolute atomic E-state index is 0.330. The van der Waals surface area contributed by atoms with E-state index in [0.717, 1.165) is 36.0 Å². The highest BCUT2D eigenvalue weighted by molar-refractivity contribution is 6.33. The average Bonchev–Trinajstić information content (AvgIpc) is 2.54. The molecule has 2 aromatic rings. The molecule has 5 heteroatoms. The number of rotatable bonds is 3. The molecule has 0 fully saturated rings. The summed E-state index contributed by atoms with van der Waals surface area (Å²) in [6.45, 7) is 3.93. The second-order valence-electron chi connectivity index (χ2n) is 3.67. The number of carbonyl (C=O) groups excluding carboxylic acids is 1. The largest absolute Gasteiger partial charge is 0.330 e. The zero-order valence-electron chi connectivity index (χ0n) is 9.17. The number of halogens is 1. The van der Waals surface area contributed by atoms with Crippen molar-refractivity contribution in [2.24, 2.45) is 0 Å². The lowest BCUT2D eigenvalue weighted by atomic mass is 10.2. The van der Waals surface area contributed by atoms with E-state index in [1.807, 2.05) is 6.92 Å². The van der Waals surface area contributed by atoms with Gasteiger partial charge in [0.1, 0.15) is 16.6 Å². The van der Waals surface area contributed by atoms with Crippen LogP contribution < -0.4 is 0 Å². The molecule has 0 aliphatic heterocycles. The molecule has 16 heavy (non-hydrogen) atoms. The summed E-state index contributed by atoms with van der Waals surface area (Å²) in [5, 5.41) is 1.05. The predicted molar refractivity (Wildman–Crippen MR) is 63.0 cm³/mol. The highest BCUT2D eigenvalue weighted by Crippen LogP contribution is 2.25. The van der Waals surface area contributed by atoms with Crippen LogP contribution in [0, 0.1) is 6.92 Å². The third kappa shape index (κ3) is 1.69. The van der Waals surface area contributed by atoms with E-state index in [4.69, 9.17) is 11.6 Å². The lowest BCUT2D eigenvalue weighted by Gasteiger charge is -2.01. The zero-order valence-corrected chi connectivity index (χ0v) is 9.93. The minimum Gasteiger partial charge on any atom is -0.330 e. The predicted octanol–water partition coefficient (Wildman–Crippen LogP) is 2.68. The first-order valence-electron chi connectivity index (χ1n) is 5.17. The van der Waals surface area contributed by atoms with Crippen LogP contribution in [0.15, 0.2) is 0 Å². The van der Waals surface area contributed by atoms with E-state index in [-0.39, 0.29) is 0 Å². The summed E-state index contributed by atoms with van der Waals surface area (Å²) in [7, 11) is 0. The van der Waals surface area contributed by atoms with E-state index in [2.05, 4.69) is 21.9 Å². The minimum atomic E-state index is 0.330. The number of aromatic nitrogens is 3. The zero-order chi connectivity index (χ0) is 11.7. The maximum absolute atomic E-state index is 10.9. The summed E-state index contributed by atoms with van der Waals surface area (Å²) in [5.41, 5.74) is 1.87. The lowest BCUT2D eigenvalue weighted by molar-refractivity contribution is 0.112. The Labute approximate surface area is 98.1 Å². The molecule has 0 spiro atoms. The number of aromatic amines is 1. The molecule has 0 aliphatic rings. The van der Waals surface area contributed by atoms with Crippen molar-refractivity contribution in [2.75, 3.05) is 0 Å². The number of hydrogen-bond donors (Lipinski definition) is 1. The molecule has 0 bridgehead atoms. The van der Waals surface area contributed by atoms with Crippen LogP contribution in [0.2, 0.25) is 5.15 Å². The number of carbonyl (C=O) groups is 1. The van der Waals surface area contributed by atoms with Gasteiger partial charge in [-0.2, -0.15) is 0 Å². The average molecular weight is 238 g/mol. The van der Waals surface area contributed by atoms with Gasteiger partial charge >= 0.3 is 0 Å². The molecule has 0 aromatic carbocycles. The van der Waals surface area contributed by atoms with Crippen LogP contribution in [-0.4, -0.2) is 21.2 Å². The molecule has 0 amide bonds. The Morgan fingerprint density at radius 3 is 2.81 bits per heavy atom. The molecular formula is C11H12ClN3O. The fraction of sp³-hybridized carbons (Fsp3) is 0.364. The van der Waals surface area contributed by atoms with Crippen molar-refractivity contribution in [3.63, 3.8) is 0 Å². The first kappa shape index (κ1) is 11.1. The number of fused-ring (bicyclic) bond motifs is 1. The van der Waals surface area contributed by atoms with Crippen LogP contribution in [-0.2, 0) is 6.42 Å². The van der Waals surface area contributed by atoms with Gasteiger partial charge in [0, 0.05) is 6.42 Å². The van der Waals surface area contributed by atoms with Crippen molar-refractivity contribution in [1.82, 2.24) is 15.0 Å². The lowest BCUT2D eigenvalue weighted by Crippen LogP contribution is -1.98. The molecule has 2 rings (SSSR count). The van der Waals surface area contributed by atoms with E-state index in [9.17, 15) is 4.79 Å². The molecule has 0 unspecified atom stereocenters. The highest BCUT2D eigenvalue weighted by Gasteiger charge is 2.14. The van der Waals surface area contributed by atoms with Crippen LogP contribution in [0.1, 0.15) is 35.2 Å². The molecule has 1 N–H and O–H groups in total. The van der Waals surface area contributed by atoms with Gasteiger partial charge in [-0.1, -0.05) is 18.5 Å². The van der Waals surface area contributed by atoms with Crippen molar-refractivity contribution in [3.8, 4) is 0 Å². The second kappa shape index (κ2) is 4.22. The van der Waals surface area contributed by atoms with Gasteiger partial charge < -0.3 is 4.98 Å². The second-order valence-corrected chi connectivity index (χ2v) is 4.05. The van der Waals surface area contributed by atoms with Gasteiger partial charge in [-0.05, 0) is 13.3 Å². The number of H-pyrrole nitrogens is 1. The van der Waals surface area contributed by atoms with E-state index < -0.39 is 0 Å².